The predicted octanol–water partition coefficient (Wildman–Crippen LogP) is 4.94. The van der Waals surface area contributed by atoms with Gasteiger partial charge in [-0.2, -0.15) is 0 Å². The van der Waals surface area contributed by atoms with Gasteiger partial charge in [0, 0.05) is 0 Å². The third-order valence-electron chi connectivity index (χ3n) is 1.99. The summed E-state index contributed by atoms with van der Waals surface area (Å²) >= 11 is 0. The highest BCUT2D eigenvalue weighted by atomic mass is 28.3. The second-order valence-corrected chi connectivity index (χ2v) is 7.96. The van der Waals surface area contributed by atoms with Crippen molar-refractivity contribution in [3.8, 4) is 0 Å². The van der Waals surface area contributed by atoms with Crippen molar-refractivity contribution in [2.45, 2.75) is 40.3 Å². The smallest absolute Gasteiger partial charge is 0.0693 e. The van der Waals surface area contributed by atoms with E-state index in [2.05, 4.69) is 70.4 Å². The highest BCUT2D eigenvalue weighted by molar-refractivity contribution is 6.61. The molecule has 0 saturated carbocycles. The summed E-state index contributed by atoms with van der Waals surface area (Å²) in [4.78, 5) is 0. The summed E-state index contributed by atoms with van der Waals surface area (Å²) in [5, 5.41) is 0. The molecular weight excluding hydrogens is 208 g/mol. The van der Waals surface area contributed by atoms with E-state index >= 15 is 0 Å². The van der Waals surface area contributed by atoms with Gasteiger partial charge in [0.1, 0.15) is 0 Å². The molecule has 0 atom stereocenters. The van der Waals surface area contributed by atoms with E-state index in [1.165, 1.54) is 5.57 Å². The van der Waals surface area contributed by atoms with E-state index in [0.717, 1.165) is 6.42 Å². The van der Waals surface area contributed by atoms with Gasteiger partial charge in [0.15, 0.2) is 0 Å². The summed E-state index contributed by atoms with van der Waals surface area (Å²) in [5.41, 5.74) is 3.83. The average molecular weight is 233 g/mol. The maximum atomic E-state index is 3.83. The van der Waals surface area contributed by atoms with Crippen LogP contribution in [0.25, 0.3) is 0 Å². The second kappa shape index (κ2) is 7.45. The zero-order chi connectivity index (χ0) is 12.6. The molecule has 0 N–H and O–H groups in total. The highest BCUT2D eigenvalue weighted by Gasteiger charge is 2.05. The zero-order valence-electron chi connectivity index (χ0n) is 11.4. The van der Waals surface area contributed by atoms with Gasteiger partial charge in [-0.3, -0.25) is 0 Å². The number of hydrogen-bond donors (Lipinski definition) is 0. The predicted molar refractivity (Wildman–Crippen MR) is 78.1 cm³/mol. The Morgan fingerprint density at radius 1 is 1.25 bits per heavy atom. The van der Waals surface area contributed by atoms with Crippen LogP contribution in [0.4, 0.5) is 0 Å². The van der Waals surface area contributed by atoms with Gasteiger partial charge in [-0.1, -0.05) is 76.5 Å². The fourth-order valence-electron chi connectivity index (χ4n) is 1.09. The molecule has 0 spiro atoms. The van der Waals surface area contributed by atoms with Gasteiger partial charge in [0.05, 0.1) is 8.80 Å². The molecule has 0 amide bonds. The normalized spacial score (nSPS) is 14.2. The van der Waals surface area contributed by atoms with E-state index in [9.17, 15) is 0 Å². The first-order valence-electron chi connectivity index (χ1n) is 5.82. The van der Waals surface area contributed by atoms with Crippen LogP contribution in [0, 0.1) is 5.41 Å². The number of hydrogen-bond acceptors (Lipinski definition) is 0. The molecule has 0 aromatic carbocycles. The highest BCUT2D eigenvalue weighted by Crippen LogP contribution is 2.19. The monoisotopic (exact) mass is 233 g/mol. The summed E-state index contributed by atoms with van der Waals surface area (Å²) in [6, 6.07) is 0. The Hall–Kier alpha value is -0.823. The third-order valence-corrected chi connectivity index (χ3v) is 2.85. The minimum Gasteiger partial charge on any atom is -0.0985 e. The lowest BCUT2D eigenvalue weighted by atomic mass is 9.92. The van der Waals surface area contributed by atoms with Crippen molar-refractivity contribution in [3.05, 3.63) is 48.2 Å². The van der Waals surface area contributed by atoms with E-state index in [1.807, 2.05) is 6.08 Å². The topological polar surface area (TPSA) is 0 Å². The zero-order valence-corrected chi connectivity index (χ0v) is 12.4. The van der Waals surface area contributed by atoms with Crippen molar-refractivity contribution in [2.75, 3.05) is 0 Å². The van der Waals surface area contributed by atoms with Crippen LogP contribution in [-0.2, 0) is 0 Å². The van der Waals surface area contributed by atoms with Gasteiger partial charge in [-0.05, 0) is 17.4 Å². The molecule has 0 fully saturated rings. The lowest BCUT2D eigenvalue weighted by Gasteiger charge is -2.14. The summed E-state index contributed by atoms with van der Waals surface area (Å²) < 4.78 is 0. The standard InChI is InChI=1S/C15H25Si/c1-7-14(11-9-13-16(5)6)10-8-12-15(2,3)4/h7-11,13H,1,12H2,2-6H3/b10-8+,13-9+,14-11+. The Balaban J connectivity index is 4.35. The minimum absolute atomic E-state index is 0.265. The van der Waals surface area contributed by atoms with Crippen molar-refractivity contribution >= 4 is 8.80 Å². The van der Waals surface area contributed by atoms with Crippen LogP contribution in [0.15, 0.2) is 48.2 Å². The van der Waals surface area contributed by atoms with Crippen LogP contribution >= 0.6 is 0 Å². The molecule has 0 bridgehead atoms. The van der Waals surface area contributed by atoms with E-state index in [0.29, 0.717) is 5.41 Å². The molecule has 0 heterocycles. The fraction of sp³-hybridized carbons (Fsp3) is 0.467. The quantitative estimate of drug-likeness (QED) is 0.466. The SMILES string of the molecule is C=CC(/C=C/CC(C)(C)C)=C\C=C\[Si](C)C. The van der Waals surface area contributed by atoms with Crippen LogP contribution in [0.1, 0.15) is 27.2 Å². The first-order valence-corrected chi connectivity index (χ1v) is 8.40. The van der Waals surface area contributed by atoms with Crippen molar-refractivity contribution in [1.29, 1.82) is 0 Å². The molecule has 0 aromatic rings. The van der Waals surface area contributed by atoms with Crippen LogP contribution in [-0.4, -0.2) is 8.80 Å². The molecule has 0 unspecified atom stereocenters. The van der Waals surface area contributed by atoms with Crippen LogP contribution < -0.4 is 0 Å². The molecular formula is C15H25Si. The Kier molecular flexibility index (Phi) is 7.07. The maximum Gasteiger partial charge on any atom is 0.0693 e. The molecule has 16 heavy (non-hydrogen) atoms. The third kappa shape index (κ3) is 9.72. The van der Waals surface area contributed by atoms with Crippen molar-refractivity contribution in [1.82, 2.24) is 0 Å². The van der Waals surface area contributed by atoms with Gasteiger partial charge >= 0.3 is 0 Å². The van der Waals surface area contributed by atoms with Gasteiger partial charge < -0.3 is 0 Å². The first-order chi connectivity index (χ1) is 7.35. The van der Waals surface area contributed by atoms with E-state index in [4.69, 9.17) is 0 Å². The first kappa shape index (κ1) is 15.2. The second-order valence-electron chi connectivity index (χ2n) is 5.47. The van der Waals surface area contributed by atoms with Crippen molar-refractivity contribution in [2.24, 2.45) is 5.41 Å². The summed E-state index contributed by atoms with van der Waals surface area (Å²) in [5.74, 6) is 0. The minimum atomic E-state index is -0.265. The molecule has 0 saturated heterocycles. The molecule has 0 aliphatic heterocycles. The van der Waals surface area contributed by atoms with E-state index < -0.39 is 0 Å². The number of allylic oxidation sites excluding steroid dienone is 6. The molecule has 0 rings (SSSR count). The van der Waals surface area contributed by atoms with Gasteiger partial charge in [0.25, 0.3) is 0 Å². The average Bonchev–Trinajstić information content (AvgIpc) is 2.13. The molecule has 89 valence electrons. The van der Waals surface area contributed by atoms with Gasteiger partial charge in [-0.15, -0.1) is 0 Å². The maximum absolute atomic E-state index is 3.83. The van der Waals surface area contributed by atoms with E-state index in [-0.39, 0.29) is 8.80 Å². The molecule has 1 heteroatoms. The fourth-order valence-corrected chi connectivity index (χ4v) is 1.57. The van der Waals surface area contributed by atoms with Crippen molar-refractivity contribution < 1.29 is 0 Å². The molecule has 0 nitrogen and oxygen atoms in total. The van der Waals surface area contributed by atoms with E-state index in [1.54, 1.807) is 0 Å². The van der Waals surface area contributed by atoms with Crippen LogP contribution in [0.3, 0.4) is 0 Å². The van der Waals surface area contributed by atoms with Gasteiger partial charge in [0.2, 0.25) is 0 Å². The van der Waals surface area contributed by atoms with Gasteiger partial charge in [-0.25, -0.2) is 0 Å². The molecule has 1 radical (unpaired) electrons. The molecule has 0 aliphatic rings. The largest absolute Gasteiger partial charge is 0.0985 e. The summed E-state index contributed by atoms with van der Waals surface area (Å²) in [6.07, 6.45) is 11.7. The number of rotatable bonds is 5. The lowest BCUT2D eigenvalue weighted by molar-refractivity contribution is 0.420. The summed E-state index contributed by atoms with van der Waals surface area (Å²) in [6.45, 7) is 15.1. The Morgan fingerprint density at radius 3 is 2.31 bits per heavy atom. The Bertz CT molecular complexity index is 285. The van der Waals surface area contributed by atoms with Crippen LogP contribution in [0.5, 0.6) is 0 Å². The lowest BCUT2D eigenvalue weighted by Crippen LogP contribution is -2.01. The van der Waals surface area contributed by atoms with Crippen molar-refractivity contribution in [3.63, 3.8) is 0 Å². The Morgan fingerprint density at radius 2 is 1.88 bits per heavy atom. The van der Waals surface area contributed by atoms with Crippen LogP contribution in [0.2, 0.25) is 13.1 Å². The Labute approximate surface area is 103 Å². The summed E-state index contributed by atoms with van der Waals surface area (Å²) in [7, 11) is -0.265. The molecule has 0 aliphatic carbocycles. The molecule has 0 aromatic heterocycles.